The summed E-state index contributed by atoms with van der Waals surface area (Å²) in [6, 6.07) is 0. The Hall–Kier alpha value is -1.27. The molecule has 0 aromatic carbocycles. The van der Waals surface area contributed by atoms with Gasteiger partial charge in [-0.25, -0.2) is 4.68 Å². The molecule has 0 aliphatic carbocycles. The van der Waals surface area contributed by atoms with E-state index in [1.54, 1.807) is 0 Å². The lowest BCUT2D eigenvalue weighted by Gasteiger charge is -2.00. The highest BCUT2D eigenvalue weighted by Crippen LogP contribution is 2.15. The number of nitrogens with zero attached hydrogens (tertiary/aromatic N) is 2. The van der Waals surface area contributed by atoms with Crippen LogP contribution in [0.2, 0.25) is 0 Å². The van der Waals surface area contributed by atoms with Crippen molar-refractivity contribution in [1.29, 1.82) is 0 Å². The SMILES string of the molecule is Nc1c(NO)cnn1CCO. The van der Waals surface area contributed by atoms with Crippen LogP contribution >= 0.6 is 0 Å². The van der Waals surface area contributed by atoms with Gasteiger partial charge < -0.3 is 10.8 Å². The predicted octanol–water partition coefficient (Wildman–Crippen LogP) is -0.741. The van der Waals surface area contributed by atoms with Crippen LogP contribution in [-0.4, -0.2) is 26.7 Å². The maximum Gasteiger partial charge on any atom is 0.147 e. The van der Waals surface area contributed by atoms with Gasteiger partial charge >= 0.3 is 0 Å². The van der Waals surface area contributed by atoms with Crippen molar-refractivity contribution in [2.75, 3.05) is 17.8 Å². The summed E-state index contributed by atoms with van der Waals surface area (Å²) in [6.45, 7) is 0.296. The fourth-order valence-electron chi connectivity index (χ4n) is 0.754. The Morgan fingerprint density at radius 2 is 2.45 bits per heavy atom. The van der Waals surface area contributed by atoms with E-state index < -0.39 is 0 Å². The maximum atomic E-state index is 8.53. The van der Waals surface area contributed by atoms with Crippen LogP contribution in [0.25, 0.3) is 0 Å². The molecule has 6 nitrogen and oxygen atoms in total. The van der Waals surface area contributed by atoms with Crippen molar-refractivity contribution in [2.24, 2.45) is 0 Å². The fourth-order valence-corrected chi connectivity index (χ4v) is 0.754. The van der Waals surface area contributed by atoms with Gasteiger partial charge in [-0.15, -0.1) is 0 Å². The lowest BCUT2D eigenvalue weighted by atomic mass is 10.5. The van der Waals surface area contributed by atoms with Crippen LogP contribution < -0.4 is 11.2 Å². The van der Waals surface area contributed by atoms with Crippen molar-refractivity contribution in [3.05, 3.63) is 6.20 Å². The van der Waals surface area contributed by atoms with Crippen LogP contribution in [-0.2, 0) is 6.54 Å². The number of hydrogen-bond acceptors (Lipinski definition) is 5. The number of nitrogen functional groups attached to an aromatic ring is 1. The molecule has 0 aliphatic heterocycles. The van der Waals surface area contributed by atoms with Crippen LogP contribution in [0.1, 0.15) is 0 Å². The molecule has 0 spiro atoms. The molecular weight excluding hydrogens is 148 g/mol. The first kappa shape index (κ1) is 7.83. The summed E-state index contributed by atoms with van der Waals surface area (Å²) in [5, 5.41) is 20.8. The average molecular weight is 158 g/mol. The Morgan fingerprint density at radius 1 is 1.73 bits per heavy atom. The first-order chi connectivity index (χ1) is 5.29. The Labute approximate surface area is 63.2 Å². The number of aliphatic hydroxyl groups is 1. The number of hydrogen-bond donors (Lipinski definition) is 4. The smallest absolute Gasteiger partial charge is 0.147 e. The molecule has 0 unspecified atom stereocenters. The van der Waals surface area contributed by atoms with E-state index in [1.165, 1.54) is 10.9 Å². The monoisotopic (exact) mass is 158 g/mol. The van der Waals surface area contributed by atoms with E-state index in [2.05, 4.69) is 5.10 Å². The van der Waals surface area contributed by atoms with E-state index in [1.807, 2.05) is 5.48 Å². The number of rotatable bonds is 3. The van der Waals surface area contributed by atoms with Crippen molar-refractivity contribution >= 4 is 11.5 Å². The topological polar surface area (TPSA) is 96.3 Å². The normalized spacial score (nSPS) is 10.0. The van der Waals surface area contributed by atoms with E-state index in [4.69, 9.17) is 16.0 Å². The molecule has 0 amide bonds. The highest BCUT2D eigenvalue weighted by Gasteiger charge is 2.04. The van der Waals surface area contributed by atoms with Gasteiger partial charge in [0.05, 0.1) is 19.3 Å². The summed E-state index contributed by atoms with van der Waals surface area (Å²) < 4.78 is 1.39. The number of aliphatic hydroxyl groups excluding tert-OH is 1. The lowest BCUT2D eigenvalue weighted by Crippen LogP contribution is -2.08. The number of nitrogens with one attached hydrogen (secondary N) is 1. The molecule has 6 heteroatoms. The first-order valence-corrected chi connectivity index (χ1v) is 3.12. The van der Waals surface area contributed by atoms with Crippen LogP contribution in [0.4, 0.5) is 11.5 Å². The van der Waals surface area contributed by atoms with Gasteiger partial charge in [-0.1, -0.05) is 0 Å². The Bertz CT molecular complexity index is 234. The number of anilines is 2. The number of nitrogens with two attached hydrogens (primary N) is 1. The lowest BCUT2D eigenvalue weighted by molar-refractivity contribution is 0.270. The van der Waals surface area contributed by atoms with E-state index in [0.29, 0.717) is 18.1 Å². The summed E-state index contributed by atoms with van der Waals surface area (Å²) in [6.07, 6.45) is 1.38. The molecule has 0 bridgehead atoms. The Morgan fingerprint density at radius 3 is 2.91 bits per heavy atom. The van der Waals surface area contributed by atoms with E-state index in [0.717, 1.165) is 0 Å². The molecule has 1 rings (SSSR count). The largest absolute Gasteiger partial charge is 0.394 e. The second-order valence-corrected chi connectivity index (χ2v) is 2.00. The first-order valence-electron chi connectivity index (χ1n) is 3.12. The summed E-state index contributed by atoms with van der Waals surface area (Å²) in [5.74, 6) is 0.307. The van der Waals surface area contributed by atoms with Crippen molar-refractivity contribution in [2.45, 2.75) is 6.54 Å². The third kappa shape index (κ3) is 1.41. The van der Waals surface area contributed by atoms with Crippen molar-refractivity contribution < 1.29 is 10.3 Å². The quantitative estimate of drug-likeness (QED) is 0.434. The summed E-state index contributed by atoms with van der Waals surface area (Å²) in [5.41, 5.74) is 7.70. The summed E-state index contributed by atoms with van der Waals surface area (Å²) >= 11 is 0. The third-order valence-electron chi connectivity index (χ3n) is 1.31. The van der Waals surface area contributed by atoms with Crippen LogP contribution in [0.15, 0.2) is 6.20 Å². The standard InChI is InChI=1S/C5H10N4O2/c6-5-4(8-11)3-7-9(5)1-2-10/h3,8,10-11H,1-2,6H2. The molecule has 0 aliphatic rings. The summed E-state index contributed by atoms with van der Waals surface area (Å²) in [4.78, 5) is 0. The van der Waals surface area contributed by atoms with Crippen molar-refractivity contribution in [1.82, 2.24) is 9.78 Å². The van der Waals surface area contributed by atoms with Gasteiger partial charge in [0.1, 0.15) is 11.5 Å². The van der Waals surface area contributed by atoms with E-state index in [9.17, 15) is 0 Å². The maximum absolute atomic E-state index is 8.53. The highest BCUT2D eigenvalue weighted by molar-refractivity contribution is 5.59. The Balaban J connectivity index is 2.82. The molecule has 0 saturated heterocycles. The van der Waals surface area contributed by atoms with Crippen LogP contribution in [0, 0.1) is 0 Å². The molecule has 0 saturated carbocycles. The minimum absolute atomic E-state index is 0.0310. The van der Waals surface area contributed by atoms with Crippen molar-refractivity contribution in [3.63, 3.8) is 0 Å². The second-order valence-electron chi connectivity index (χ2n) is 2.00. The molecular formula is C5H10N4O2. The van der Waals surface area contributed by atoms with Crippen molar-refractivity contribution in [3.8, 4) is 0 Å². The van der Waals surface area contributed by atoms with Gasteiger partial charge in [0.2, 0.25) is 0 Å². The molecule has 0 fully saturated rings. The van der Waals surface area contributed by atoms with Gasteiger partial charge in [-0.05, 0) is 0 Å². The highest BCUT2D eigenvalue weighted by atomic mass is 16.5. The average Bonchev–Trinajstić information content (AvgIpc) is 2.34. The molecule has 1 aromatic rings. The molecule has 1 heterocycles. The van der Waals surface area contributed by atoms with E-state index in [-0.39, 0.29) is 6.61 Å². The summed E-state index contributed by atoms with van der Waals surface area (Å²) in [7, 11) is 0. The van der Waals surface area contributed by atoms with Gasteiger partial charge in [0.25, 0.3) is 0 Å². The van der Waals surface area contributed by atoms with Gasteiger partial charge in [0.15, 0.2) is 0 Å². The van der Waals surface area contributed by atoms with Crippen LogP contribution in [0.5, 0.6) is 0 Å². The molecule has 62 valence electrons. The molecule has 5 N–H and O–H groups in total. The Kier molecular flexibility index (Phi) is 2.29. The van der Waals surface area contributed by atoms with E-state index >= 15 is 0 Å². The van der Waals surface area contributed by atoms with Gasteiger partial charge in [-0.3, -0.25) is 10.7 Å². The van der Waals surface area contributed by atoms with Gasteiger partial charge in [0, 0.05) is 0 Å². The fraction of sp³-hybridized carbons (Fsp3) is 0.400. The van der Waals surface area contributed by atoms with Gasteiger partial charge in [-0.2, -0.15) is 5.10 Å². The molecule has 1 aromatic heterocycles. The second kappa shape index (κ2) is 3.22. The zero-order chi connectivity index (χ0) is 8.27. The number of aromatic nitrogens is 2. The minimum Gasteiger partial charge on any atom is -0.394 e. The minimum atomic E-state index is -0.0310. The zero-order valence-electron chi connectivity index (χ0n) is 5.86. The zero-order valence-corrected chi connectivity index (χ0v) is 5.86. The third-order valence-corrected chi connectivity index (χ3v) is 1.31. The predicted molar refractivity (Wildman–Crippen MR) is 39.1 cm³/mol. The molecule has 0 atom stereocenters. The molecule has 11 heavy (non-hydrogen) atoms. The molecule has 0 radical (unpaired) electrons. The van der Waals surface area contributed by atoms with Crippen LogP contribution in [0.3, 0.4) is 0 Å².